The van der Waals surface area contributed by atoms with E-state index in [-0.39, 0.29) is 10.6 Å². The lowest BCUT2D eigenvalue weighted by atomic mass is 10.2. The van der Waals surface area contributed by atoms with Gasteiger partial charge in [0.25, 0.3) is 0 Å². The van der Waals surface area contributed by atoms with E-state index in [9.17, 15) is 8.42 Å². The summed E-state index contributed by atoms with van der Waals surface area (Å²) in [5.74, 6) is 0.208. The maximum atomic E-state index is 12.4. The van der Waals surface area contributed by atoms with Gasteiger partial charge >= 0.3 is 0 Å². The van der Waals surface area contributed by atoms with E-state index < -0.39 is 9.84 Å². The number of hydrogen-bond donors (Lipinski definition) is 0. The molecule has 0 radical (unpaired) electrons. The summed E-state index contributed by atoms with van der Waals surface area (Å²) in [7, 11) is -2.04. The molecule has 0 heterocycles. The average Bonchev–Trinajstić information content (AvgIpc) is 2.47. The number of nitrogens with zero attached hydrogens (tertiary/aromatic N) is 1. The Balaban J connectivity index is 2.33. The van der Waals surface area contributed by atoms with Crippen LogP contribution in [-0.2, 0) is 15.6 Å². The second kappa shape index (κ2) is 5.76. The van der Waals surface area contributed by atoms with Crippen molar-refractivity contribution in [3.05, 3.63) is 59.7 Å². The van der Waals surface area contributed by atoms with Crippen molar-refractivity contribution in [3.8, 4) is 11.8 Å². The molecule has 4 nitrogen and oxygen atoms in total. The van der Waals surface area contributed by atoms with Crippen LogP contribution in [0, 0.1) is 11.3 Å². The summed E-state index contributed by atoms with van der Waals surface area (Å²) in [6.45, 7) is 0. The van der Waals surface area contributed by atoms with Crippen molar-refractivity contribution < 1.29 is 13.2 Å². The quantitative estimate of drug-likeness (QED) is 0.866. The first-order valence-corrected chi connectivity index (χ1v) is 7.57. The minimum Gasteiger partial charge on any atom is -0.495 e. The predicted molar refractivity (Wildman–Crippen MR) is 75.0 cm³/mol. The molecule has 0 spiro atoms. The Morgan fingerprint density at radius 1 is 1.10 bits per heavy atom. The second-order valence-corrected chi connectivity index (χ2v) is 6.18. The molecule has 0 atom stereocenters. The highest BCUT2D eigenvalue weighted by atomic mass is 32.2. The number of hydrogen-bond acceptors (Lipinski definition) is 4. The summed E-state index contributed by atoms with van der Waals surface area (Å²) < 4.78 is 29.9. The molecule has 0 aliphatic rings. The van der Waals surface area contributed by atoms with Crippen molar-refractivity contribution in [1.29, 1.82) is 5.26 Å². The lowest BCUT2D eigenvalue weighted by Crippen LogP contribution is -2.06. The Morgan fingerprint density at radius 3 is 2.35 bits per heavy atom. The van der Waals surface area contributed by atoms with Crippen LogP contribution in [0.3, 0.4) is 0 Å². The lowest BCUT2D eigenvalue weighted by Gasteiger charge is -2.09. The molecular formula is C15H13NO3S. The average molecular weight is 287 g/mol. The van der Waals surface area contributed by atoms with Crippen LogP contribution in [0.1, 0.15) is 11.1 Å². The van der Waals surface area contributed by atoms with Crippen LogP contribution in [0.5, 0.6) is 5.75 Å². The Bertz CT molecular complexity index is 743. The fourth-order valence-electron chi connectivity index (χ4n) is 1.85. The summed E-state index contributed by atoms with van der Waals surface area (Å²) in [5.41, 5.74) is 1.14. The molecule has 0 saturated heterocycles. The van der Waals surface area contributed by atoms with Crippen LogP contribution >= 0.6 is 0 Å². The summed E-state index contributed by atoms with van der Waals surface area (Å²) >= 11 is 0. The van der Waals surface area contributed by atoms with Gasteiger partial charge in [0.05, 0.1) is 24.5 Å². The Hall–Kier alpha value is -2.32. The van der Waals surface area contributed by atoms with Crippen LogP contribution in [0.4, 0.5) is 0 Å². The van der Waals surface area contributed by atoms with Gasteiger partial charge in [0.2, 0.25) is 0 Å². The number of rotatable bonds is 4. The number of methoxy groups -OCH3 is 1. The lowest BCUT2D eigenvalue weighted by molar-refractivity contribution is 0.402. The van der Waals surface area contributed by atoms with Crippen LogP contribution in [0.25, 0.3) is 0 Å². The van der Waals surface area contributed by atoms with Crippen molar-refractivity contribution in [1.82, 2.24) is 0 Å². The van der Waals surface area contributed by atoms with Crippen molar-refractivity contribution in [3.63, 3.8) is 0 Å². The van der Waals surface area contributed by atoms with Crippen molar-refractivity contribution in [2.45, 2.75) is 10.6 Å². The maximum Gasteiger partial charge on any atom is 0.186 e. The first-order chi connectivity index (χ1) is 9.56. The smallest absolute Gasteiger partial charge is 0.186 e. The third kappa shape index (κ3) is 2.98. The number of para-hydroxylation sites is 1. The van der Waals surface area contributed by atoms with Gasteiger partial charge in [0.1, 0.15) is 10.6 Å². The first kappa shape index (κ1) is 14.1. The predicted octanol–water partition coefficient (Wildman–Crippen LogP) is 2.54. The summed E-state index contributed by atoms with van der Waals surface area (Å²) in [6, 6.07) is 15.0. The van der Waals surface area contributed by atoms with E-state index in [4.69, 9.17) is 10.00 Å². The molecule has 0 amide bonds. The van der Waals surface area contributed by atoms with Crippen LogP contribution in [0.15, 0.2) is 53.4 Å². The van der Waals surface area contributed by atoms with Crippen LogP contribution in [-0.4, -0.2) is 15.5 Å². The van der Waals surface area contributed by atoms with Crippen molar-refractivity contribution in [2.75, 3.05) is 7.11 Å². The van der Waals surface area contributed by atoms with Gasteiger partial charge in [-0.25, -0.2) is 8.42 Å². The van der Waals surface area contributed by atoms with Gasteiger partial charge in [-0.1, -0.05) is 24.3 Å². The Morgan fingerprint density at radius 2 is 1.75 bits per heavy atom. The summed E-state index contributed by atoms with van der Waals surface area (Å²) in [4.78, 5) is 0.173. The molecule has 20 heavy (non-hydrogen) atoms. The van der Waals surface area contributed by atoms with Gasteiger partial charge in [0, 0.05) is 0 Å². The zero-order valence-corrected chi connectivity index (χ0v) is 11.7. The van der Waals surface area contributed by atoms with Gasteiger partial charge in [-0.05, 0) is 29.8 Å². The zero-order chi connectivity index (χ0) is 14.6. The molecule has 0 aliphatic carbocycles. The molecule has 0 fully saturated rings. The third-order valence-electron chi connectivity index (χ3n) is 2.84. The monoisotopic (exact) mass is 287 g/mol. The SMILES string of the molecule is COc1ccccc1S(=O)(=O)Cc1ccc(C#N)cc1. The number of benzene rings is 2. The summed E-state index contributed by atoms with van der Waals surface area (Å²) in [6.07, 6.45) is 0. The highest BCUT2D eigenvalue weighted by molar-refractivity contribution is 7.90. The topological polar surface area (TPSA) is 67.2 Å². The molecule has 2 aromatic rings. The molecule has 0 unspecified atom stereocenters. The number of sulfone groups is 1. The van der Waals surface area contributed by atoms with Gasteiger partial charge in [-0.15, -0.1) is 0 Å². The minimum atomic E-state index is -3.48. The van der Waals surface area contributed by atoms with Crippen molar-refractivity contribution in [2.24, 2.45) is 0 Å². The van der Waals surface area contributed by atoms with Gasteiger partial charge < -0.3 is 4.74 Å². The van der Waals surface area contributed by atoms with E-state index >= 15 is 0 Å². The molecule has 0 aliphatic heterocycles. The van der Waals surface area contributed by atoms with E-state index in [0.29, 0.717) is 16.9 Å². The fourth-order valence-corrected chi connectivity index (χ4v) is 3.38. The molecule has 0 bridgehead atoms. The Kier molecular flexibility index (Phi) is 4.06. The first-order valence-electron chi connectivity index (χ1n) is 5.91. The largest absolute Gasteiger partial charge is 0.495 e. The van der Waals surface area contributed by atoms with E-state index in [1.807, 2.05) is 6.07 Å². The molecule has 0 saturated carbocycles. The molecule has 5 heteroatoms. The highest BCUT2D eigenvalue weighted by Gasteiger charge is 2.19. The zero-order valence-electron chi connectivity index (χ0n) is 10.9. The van der Waals surface area contributed by atoms with E-state index in [2.05, 4.69) is 0 Å². The van der Waals surface area contributed by atoms with E-state index in [1.54, 1.807) is 42.5 Å². The Labute approximate surface area is 118 Å². The molecule has 0 N–H and O–H groups in total. The normalized spacial score (nSPS) is 10.8. The van der Waals surface area contributed by atoms with E-state index in [1.165, 1.54) is 13.2 Å². The number of nitriles is 1. The highest BCUT2D eigenvalue weighted by Crippen LogP contribution is 2.26. The summed E-state index contributed by atoms with van der Waals surface area (Å²) in [5, 5.41) is 8.72. The van der Waals surface area contributed by atoms with Gasteiger partial charge in [-0.2, -0.15) is 5.26 Å². The molecule has 0 aromatic heterocycles. The van der Waals surface area contributed by atoms with Crippen LogP contribution in [0.2, 0.25) is 0 Å². The molecule has 2 rings (SSSR count). The molecule has 2 aromatic carbocycles. The second-order valence-electron chi connectivity index (χ2n) is 4.22. The third-order valence-corrected chi connectivity index (χ3v) is 4.56. The fraction of sp³-hybridized carbons (Fsp3) is 0.133. The number of ether oxygens (including phenoxy) is 1. The standard InChI is InChI=1S/C15H13NO3S/c1-19-14-4-2-3-5-15(14)20(17,18)11-13-8-6-12(10-16)7-9-13/h2-9H,11H2,1H3. The van der Waals surface area contributed by atoms with Crippen LogP contribution < -0.4 is 4.74 Å². The van der Waals surface area contributed by atoms with Gasteiger partial charge in [0.15, 0.2) is 9.84 Å². The molecular weight excluding hydrogens is 274 g/mol. The van der Waals surface area contributed by atoms with E-state index in [0.717, 1.165) is 0 Å². The maximum absolute atomic E-state index is 12.4. The van der Waals surface area contributed by atoms with Gasteiger partial charge in [-0.3, -0.25) is 0 Å². The minimum absolute atomic E-state index is 0.126. The molecule has 102 valence electrons. The van der Waals surface area contributed by atoms with Crippen molar-refractivity contribution >= 4 is 9.84 Å².